The Morgan fingerprint density at radius 1 is 1.14 bits per heavy atom. The summed E-state index contributed by atoms with van der Waals surface area (Å²) in [4.78, 5) is 17.3. The standard InChI is InChI=1S/C17H25N3O/c1-12-9-19(11-14-3-4-14)10-13(2)20(12)17(21)15-5-7-16(18)8-6-15/h5-8,12-14H,3-4,9-11,18H2,1-2H3. The zero-order chi connectivity index (χ0) is 15.0. The van der Waals surface area contributed by atoms with Crippen molar-refractivity contribution < 1.29 is 4.79 Å². The second-order valence-electron chi connectivity index (χ2n) is 6.69. The van der Waals surface area contributed by atoms with Gasteiger partial charge in [-0.3, -0.25) is 9.69 Å². The Kier molecular flexibility index (Phi) is 3.89. The smallest absolute Gasteiger partial charge is 0.254 e. The molecule has 3 rings (SSSR count). The normalized spacial score (nSPS) is 26.9. The van der Waals surface area contributed by atoms with Gasteiger partial charge in [-0.05, 0) is 56.9 Å². The van der Waals surface area contributed by atoms with Crippen LogP contribution in [-0.2, 0) is 0 Å². The fourth-order valence-corrected chi connectivity index (χ4v) is 3.42. The van der Waals surface area contributed by atoms with E-state index in [1.807, 2.05) is 17.0 Å². The van der Waals surface area contributed by atoms with E-state index in [4.69, 9.17) is 5.73 Å². The molecule has 1 saturated heterocycles. The summed E-state index contributed by atoms with van der Waals surface area (Å²) in [6.07, 6.45) is 2.76. The fraction of sp³-hybridized carbons (Fsp3) is 0.588. The average Bonchev–Trinajstić information content (AvgIpc) is 3.22. The highest BCUT2D eigenvalue weighted by atomic mass is 16.2. The van der Waals surface area contributed by atoms with E-state index >= 15 is 0 Å². The molecule has 2 N–H and O–H groups in total. The van der Waals surface area contributed by atoms with Gasteiger partial charge in [-0.1, -0.05) is 0 Å². The van der Waals surface area contributed by atoms with Crippen molar-refractivity contribution in [2.24, 2.45) is 5.92 Å². The third-order valence-corrected chi connectivity index (χ3v) is 4.60. The van der Waals surface area contributed by atoms with E-state index in [1.165, 1.54) is 19.4 Å². The Morgan fingerprint density at radius 3 is 2.24 bits per heavy atom. The highest BCUT2D eigenvalue weighted by Gasteiger charge is 2.35. The Balaban J connectivity index is 1.69. The molecule has 0 aromatic heterocycles. The zero-order valence-electron chi connectivity index (χ0n) is 13.0. The van der Waals surface area contributed by atoms with Crippen molar-refractivity contribution in [3.8, 4) is 0 Å². The maximum Gasteiger partial charge on any atom is 0.254 e. The molecule has 1 heterocycles. The summed E-state index contributed by atoms with van der Waals surface area (Å²) in [7, 11) is 0. The number of piperazine rings is 1. The average molecular weight is 287 g/mol. The molecule has 2 atom stereocenters. The molecule has 2 aliphatic rings. The van der Waals surface area contributed by atoms with E-state index in [0.29, 0.717) is 5.69 Å². The van der Waals surface area contributed by atoms with Crippen LogP contribution in [0.3, 0.4) is 0 Å². The van der Waals surface area contributed by atoms with Crippen LogP contribution in [-0.4, -0.2) is 47.4 Å². The highest BCUT2D eigenvalue weighted by Crippen LogP contribution is 2.31. The van der Waals surface area contributed by atoms with E-state index < -0.39 is 0 Å². The monoisotopic (exact) mass is 287 g/mol. The van der Waals surface area contributed by atoms with Gasteiger partial charge < -0.3 is 10.6 Å². The van der Waals surface area contributed by atoms with Crippen molar-refractivity contribution in [3.05, 3.63) is 29.8 Å². The second-order valence-corrected chi connectivity index (χ2v) is 6.69. The minimum Gasteiger partial charge on any atom is -0.399 e. The van der Waals surface area contributed by atoms with Crippen LogP contribution in [0.25, 0.3) is 0 Å². The molecule has 21 heavy (non-hydrogen) atoms. The van der Waals surface area contributed by atoms with E-state index in [1.54, 1.807) is 12.1 Å². The van der Waals surface area contributed by atoms with E-state index in [9.17, 15) is 4.79 Å². The molecule has 1 aliphatic carbocycles. The number of carbonyl (C=O) groups is 1. The second kappa shape index (κ2) is 5.68. The van der Waals surface area contributed by atoms with E-state index in [0.717, 1.165) is 24.6 Å². The zero-order valence-corrected chi connectivity index (χ0v) is 13.0. The van der Waals surface area contributed by atoms with Gasteiger partial charge in [0.1, 0.15) is 0 Å². The summed E-state index contributed by atoms with van der Waals surface area (Å²) >= 11 is 0. The van der Waals surface area contributed by atoms with Crippen LogP contribution in [0.4, 0.5) is 5.69 Å². The fourth-order valence-electron chi connectivity index (χ4n) is 3.42. The number of hydrogen-bond acceptors (Lipinski definition) is 3. The van der Waals surface area contributed by atoms with Gasteiger partial charge in [0.15, 0.2) is 0 Å². The van der Waals surface area contributed by atoms with Gasteiger partial charge in [-0.25, -0.2) is 0 Å². The molecule has 1 saturated carbocycles. The molecule has 4 heteroatoms. The van der Waals surface area contributed by atoms with E-state index in [-0.39, 0.29) is 18.0 Å². The number of nitrogens with zero attached hydrogens (tertiary/aromatic N) is 2. The minimum atomic E-state index is 0.126. The molecule has 114 valence electrons. The number of rotatable bonds is 3. The van der Waals surface area contributed by atoms with Gasteiger partial charge in [0, 0.05) is 43.0 Å². The molecular formula is C17H25N3O. The minimum absolute atomic E-state index is 0.126. The van der Waals surface area contributed by atoms with Gasteiger partial charge >= 0.3 is 0 Å². The van der Waals surface area contributed by atoms with Crippen molar-refractivity contribution in [3.63, 3.8) is 0 Å². The number of amides is 1. The molecule has 0 bridgehead atoms. The third kappa shape index (κ3) is 3.21. The number of benzene rings is 1. The molecule has 1 aliphatic heterocycles. The van der Waals surface area contributed by atoms with Gasteiger partial charge in [-0.15, -0.1) is 0 Å². The Morgan fingerprint density at radius 2 is 1.71 bits per heavy atom. The summed E-state index contributed by atoms with van der Waals surface area (Å²) in [5, 5.41) is 0. The van der Waals surface area contributed by atoms with Crippen molar-refractivity contribution in [1.29, 1.82) is 0 Å². The maximum absolute atomic E-state index is 12.7. The lowest BCUT2D eigenvalue weighted by molar-refractivity contribution is 0.0278. The first kappa shape index (κ1) is 14.4. The molecule has 0 radical (unpaired) electrons. The van der Waals surface area contributed by atoms with Crippen molar-refractivity contribution in [1.82, 2.24) is 9.80 Å². The molecule has 1 amide bonds. The first-order valence-electron chi connectivity index (χ1n) is 7.95. The van der Waals surface area contributed by atoms with Crippen LogP contribution in [0.15, 0.2) is 24.3 Å². The molecule has 2 unspecified atom stereocenters. The molecule has 2 fully saturated rings. The number of anilines is 1. The summed E-state index contributed by atoms with van der Waals surface area (Å²) in [6.45, 7) is 7.50. The maximum atomic E-state index is 12.7. The van der Waals surface area contributed by atoms with Crippen molar-refractivity contribution in [2.75, 3.05) is 25.4 Å². The Hall–Kier alpha value is -1.55. The van der Waals surface area contributed by atoms with Crippen LogP contribution < -0.4 is 5.73 Å². The first-order chi connectivity index (χ1) is 10.0. The van der Waals surface area contributed by atoms with E-state index in [2.05, 4.69) is 18.7 Å². The number of carbonyl (C=O) groups excluding carboxylic acids is 1. The number of nitrogens with two attached hydrogens (primary N) is 1. The highest BCUT2D eigenvalue weighted by molar-refractivity contribution is 5.95. The van der Waals surface area contributed by atoms with Gasteiger partial charge in [0.2, 0.25) is 0 Å². The SMILES string of the molecule is CC1CN(CC2CC2)CC(C)N1C(=O)c1ccc(N)cc1. The van der Waals surface area contributed by atoms with Crippen molar-refractivity contribution >= 4 is 11.6 Å². The summed E-state index contributed by atoms with van der Waals surface area (Å²) < 4.78 is 0. The molecule has 1 aromatic carbocycles. The third-order valence-electron chi connectivity index (χ3n) is 4.60. The van der Waals surface area contributed by atoms with Crippen LogP contribution in [0.1, 0.15) is 37.0 Å². The predicted octanol–water partition coefficient (Wildman–Crippen LogP) is 2.21. The quantitative estimate of drug-likeness (QED) is 0.867. The van der Waals surface area contributed by atoms with Gasteiger partial charge in [-0.2, -0.15) is 0 Å². The summed E-state index contributed by atoms with van der Waals surface area (Å²) in [5.41, 5.74) is 7.13. The van der Waals surface area contributed by atoms with Gasteiger partial charge in [0.25, 0.3) is 5.91 Å². The van der Waals surface area contributed by atoms with Crippen LogP contribution >= 0.6 is 0 Å². The summed E-state index contributed by atoms with van der Waals surface area (Å²) in [5.74, 6) is 1.03. The van der Waals surface area contributed by atoms with Gasteiger partial charge in [0.05, 0.1) is 0 Å². The summed E-state index contributed by atoms with van der Waals surface area (Å²) in [6, 6.07) is 7.77. The Bertz CT molecular complexity index is 497. The van der Waals surface area contributed by atoms with Crippen LogP contribution in [0.5, 0.6) is 0 Å². The number of hydrogen-bond donors (Lipinski definition) is 1. The Labute approximate surface area is 126 Å². The largest absolute Gasteiger partial charge is 0.399 e. The van der Waals surface area contributed by atoms with Crippen molar-refractivity contribution in [2.45, 2.75) is 38.8 Å². The first-order valence-corrected chi connectivity index (χ1v) is 7.95. The molecule has 1 aromatic rings. The topological polar surface area (TPSA) is 49.6 Å². The molecule has 4 nitrogen and oxygen atoms in total. The molecular weight excluding hydrogens is 262 g/mol. The lowest BCUT2D eigenvalue weighted by Crippen LogP contribution is -2.58. The lowest BCUT2D eigenvalue weighted by Gasteiger charge is -2.44. The lowest BCUT2D eigenvalue weighted by atomic mass is 10.0. The number of nitrogen functional groups attached to an aromatic ring is 1. The molecule has 0 spiro atoms. The van der Waals surface area contributed by atoms with Crippen LogP contribution in [0, 0.1) is 5.92 Å². The van der Waals surface area contributed by atoms with Crippen LogP contribution in [0.2, 0.25) is 0 Å². The predicted molar refractivity (Wildman–Crippen MR) is 85.1 cm³/mol.